The fourth-order valence-corrected chi connectivity index (χ4v) is 7.78. The minimum atomic E-state index is -3.00. The summed E-state index contributed by atoms with van der Waals surface area (Å²) in [5.41, 5.74) is 2.69. The Balaban J connectivity index is 1.36. The molecule has 3 fully saturated rings. The third-order valence-corrected chi connectivity index (χ3v) is 9.70. The summed E-state index contributed by atoms with van der Waals surface area (Å²) >= 11 is 6.39. The molecule has 7 nitrogen and oxygen atoms in total. The molecule has 2 atom stereocenters. The van der Waals surface area contributed by atoms with Gasteiger partial charge in [0.25, 0.3) is 0 Å². The fraction of sp³-hybridized carbons (Fsp3) is 0.680. The number of amides is 2. The molecule has 2 amide bonds. The highest BCUT2D eigenvalue weighted by Crippen LogP contribution is 2.30. The molecule has 2 aliphatic heterocycles. The number of benzene rings is 1. The highest BCUT2D eigenvalue weighted by atomic mass is 35.5. The molecule has 1 aliphatic carbocycles. The van der Waals surface area contributed by atoms with Crippen LogP contribution in [0.2, 0.25) is 5.02 Å². The second-order valence-corrected chi connectivity index (χ2v) is 13.0. The Bertz CT molecular complexity index is 1040. The zero-order valence-corrected chi connectivity index (χ0v) is 21.8. The first-order valence-electron chi connectivity index (χ1n) is 12.4. The predicted molar refractivity (Wildman–Crippen MR) is 135 cm³/mol. The number of carbonyl (C=O) groups excluding carboxylic acids is 2. The van der Waals surface area contributed by atoms with E-state index in [9.17, 15) is 18.0 Å². The second kappa shape index (κ2) is 10.5. The summed E-state index contributed by atoms with van der Waals surface area (Å²) in [5.74, 6) is 0.500. The van der Waals surface area contributed by atoms with Gasteiger partial charge >= 0.3 is 0 Å². The summed E-state index contributed by atoms with van der Waals surface area (Å²) in [6.45, 7) is 7.16. The van der Waals surface area contributed by atoms with Gasteiger partial charge in [0, 0.05) is 55.3 Å². The maximum atomic E-state index is 12.9. The maximum Gasteiger partial charge on any atom is 0.226 e. The molecule has 188 valence electrons. The summed E-state index contributed by atoms with van der Waals surface area (Å²) in [6, 6.07) is 3.87. The Morgan fingerprint density at radius 3 is 2.53 bits per heavy atom. The summed E-state index contributed by atoms with van der Waals surface area (Å²) in [6.07, 6.45) is 5.13. The van der Waals surface area contributed by atoms with Gasteiger partial charge in [0.15, 0.2) is 9.84 Å². The molecule has 1 unspecified atom stereocenters. The normalized spacial score (nSPS) is 25.6. The largest absolute Gasteiger partial charge is 0.337 e. The second-order valence-electron chi connectivity index (χ2n) is 10.4. The van der Waals surface area contributed by atoms with Crippen molar-refractivity contribution in [2.75, 3.05) is 36.5 Å². The first-order chi connectivity index (χ1) is 16.1. The summed E-state index contributed by atoms with van der Waals surface area (Å²) in [4.78, 5) is 29.9. The minimum Gasteiger partial charge on any atom is -0.337 e. The van der Waals surface area contributed by atoms with Gasteiger partial charge in [-0.2, -0.15) is 0 Å². The first kappa shape index (κ1) is 25.5. The number of halogens is 1. The van der Waals surface area contributed by atoms with E-state index in [1.54, 1.807) is 6.07 Å². The van der Waals surface area contributed by atoms with Crippen molar-refractivity contribution in [3.05, 3.63) is 28.3 Å². The minimum absolute atomic E-state index is 0.0909. The Labute approximate surface area is 208 Å². The van der Waals surface area contributed by atoms with E-state index in [1.807, 2.05) is 13.0 Å². The van der Waals surface area contributed by atoms with Crippen LogP contribution < -0.4 is 5.32 Å². The topological polar surface area (TPSA) is 86.8 Å². The third-order valence-electron chi connectivity index (χ3n) is 7.65. The summed E-state index contributed by atoms with van der Waals surface area (Å²) in [5, 5.41) is 3.51. The molecule has 0 radical (unpaired) electrons. The van der Waals surface area contributed by atoms with Crippen LogP contribution in [-0.2, 0) is 26.0 Å². The molecule has 1 saturated carbocycles. The lowest BCUT2D eigenvalue weighted by Gasteiger charge is -2.41. The van der Waals surface area contributed by atoms with Gasteiger partial charge in [-0.1, -0.05) is 24.4 Å². The van der Waals surface area contributed by atoms with Crippen molar-refractivity contribution >= 4 is 38.9 Å². The number of carbonyl (C=O) groups is 2. The number of hydrogen-bond acceptors (Lipinski definition) is 5. The lowest BCUT2D eigenvalue weighted by Crippen LogP contribution is -2.54. The van der Waals surface area contributed by atoms with Gasteiger partial charge < -0.3 is 10.2 Å². The average molecular weight is 510 g/mol. The van der Waals surface area contributed by atoms with E-state index in [0.717, 1.165) is 56.4 Å². The van der Waals surface area contributed by atoms with Crippen LogP contribution in [0.1, 0.15) is 56.6 Å². The predicted octanol–water partition coefficient (Wildman–Crippen LogP) is 3.63. The van der Waals surface area contributed by atoms with Crippen molar-refractivity contribution in [1.82, 2.24) is 9.80 Å². The lowest BCUT2D eigenvalue weighted by atomic mass is 10.0. The van der Waals surface area contributed by atoms with Crippen LogP contribution in [0.4, 0.5) is 5.69 Å². The lowest BCUT2D eigenvalue weighted by molar-refractivity contribution is -0.140. The molecule has 0 aromatic heterocycles. The number of nitrogens with one attached hydrogen (secondary N) is 1. The number of hydrogen-bond donors (Lipinski definition) is 1. The smallest absolute Gasteiger partial charge is 0.226 e. The molecule has 9 heteroatoms. The van der Waals surface area contributed by atoms with Crippen LogP contribution in [0.3, 0.4) is 0 Å². The zero-order valence-electron chi connectivity index (χ0n) is 20.2. The Hall–Kier alpha value is -1.64. The van der Waals surface area contributed by atoms with Crippen LogP contribution in [0.15, 0.2) is 12.1 Å². The Kier molecular flexibility index (Phi) is 7.89. The molecule has 1 aromatic carbocycles. The van der Waals surface area contributed by atoms with Crippen LogP contribution in [0, 0.1) is 18.8 Å². The highest BCUT2D eigenvalue weighted by Gasteiger charge is 2.33. The molecule has 3 aliphatic rings. The third kappa shape index (κ3) is 6.13. The van der Waals surface area contributed by atoms with Gasteiger partial charge in [0.2, 0.25) is 11.8 Å². The highest BCUT2D eigenvalue weighted by molar-refractivity contribution is 7.91. The van der Waals surface area contributed by atoms with Crippen LogP contribution >= 0.6 is 11.6 Å². The maximum absolute atomic E-state index is 12.9. The summed E-state index contributed by atoms with van der Waals surface area (Å²) in [7, 11) is -3.00. The number of piperazine rings is 1. The average Bonchev–Trinajstić information content (AvgIpc) is 3.40. The number of sulfone groups is 1. The number of rotatable bonds is 6. The first-order valence-corrected chi connectivity index (χ1v) is 14.6. The molecule has 1 aromatic rings. The van der Waals surface area contributed by atoms with Gasteiger partial charge in [0.05, 0.1) is 11.5 Å². The van der Waals surface area contributed by atoms with Crippen molar-refractivity contribution in [3.63, 3.8) is 0 Å². The molecule has 1 N–H and O–H groups in total. The molecular formula is C25H36ClN3O4S. The Morgan fingerprint density at radius 1 is 1.15 bits per heavy atom. The van der Waals surface area contributed by atoms with E-state index in [1.165, 1.54) is 0 Å². The quantitative estimate of drug-likeness (QED) is 0.632. The van der Waals surface area contributed by atoms with Gasteiger partial charge in [-0.25, -0.2) is 8.42 Å². The van der Waals surface area contributed by atoms with E-state index in [0.29, 0.717) is 29.6 Å². The zero-order chi connectivity index (χ0) is 24.5. The molecule has 2 heterocycles. The molecule has 4 rings (SSSR count). The van der Waals surface area contributed by atoms with Gasteiger partial charge in [-0.3, -0.25) is 14.5 Å². The molecule has 0 spiro atoms. The van der Waals surface area contributed by atoms with Crippen LogP contribution in [0.5, 0.6) is 0 Å². The van der Waals surface area contributed by atoms with E-state index in [-0.39, 0.29) is 41.7 Å². The van der Waals surface area contributed by atoms with E-state index >= 15 is 0 Å². The monoisotopic (exact) mass is 509 g/mol. The van der Waals surface area contributed by atoms with Crippen molar-refractivity contribution in [3.8, 4) is 0 Å². The standard InChI is InChI=1S/C25H36ClN3O4S/c1-17-14-28(8-9-29(17)25(31)20-5-3-4-6-20)15-21-12-22(26)13-23(18(21)2)27-24(30)11-19-7-10-34(32,33)16-19/h12-13,17,19-20H,3-11,14-16H2,1-2H3,(H,27,30)/t17-,19?/m0/s1. The Morgan fingerprint density at radius 2 is 1.88 bits per heavy atom. The molecule has 0 bridgehead atoms. The SMILES string of the molecule is Cc1c(CN2CCN(C(=O)C3CCCC3)[C@@H](C)C2)cc(Cl)cc1NC(=O)CC1CCS(=O)(=O)C1. The van der Waals surface area contributed by atoms with E-state index in [4.69, 9.17) is 11.6 Å². The molecule has 2 saturated heterocycles. The molecule has 34 heavy (non-hydrogen) atoms. The number of anilines is 1. The van der Waals surface area contributed by atoms with Gasteiger partial charge in [0.1, 0.15) is 0 Å². The number of nitrogens with zero attached hydrogens (tertiary/aromatic N) is 2. The fourth-order valence-electron chi connectivity index (χ4n) is 5.68. The van der Waals surface area contributed by atoms with Crippen molar-refractivity contribution in [2.45, 2.75) is 65.0 Å². The van der Waals surface area contributed by atoms with Crippen LogP contribution in [-0.4, -0.2) is 67.2 Å². The van der Waals surface area contributed by atoms with Crippen molar-refractivity contribution in [2.24, 2.45) is 11.8 Å². The van der Waals surface area contributed by atoms with Gasteiger partial charge in [-0.05, 0) is 62.3 Å². The van der Waals surface area contributed by atoms with E-state index < -0.39 is 9.84 Å². The van der Waals surface area contributed by atoms with E-state index in [2.05, 4.69) is 22.0 Å². The molecular weight excluding hydrogens is 474 g/mol. The van der Waals surface area contributed by atoms with Crippen LogP contribution in [0.25, 0.3) is 0 Å². The van der Waals surface area contributed by atoms with Gasteiger partial charge in [-0.15, -0.1) is 0 Å². The summed E-state index contributed by atoms with van der Waals surface area (Å²) < 4.78 is 23.4. The van der Waals surface area contributed by atoms with Crippen molar-refractivity contribution in [1.29, 1.82) is 0 Å². The van der Waals surface area contributed by atoms with Crippen molar-refractivity contribution < 1.29 is 18.0 Å².